The summed E-state index contributed by atoms with van der Waals surface area (Å²) in [5, 5.41) is 29.0. The van der Waals surface area contributed by atoms with E-state index in [1.165, 1.54) is 29.1 Å². The molecule has 41 heavy (non-hydrogen) atoms. The first-order chi connectivity index (χ1) is 19.6. The maximum absolute atomic E-state index is 13.7. The van der Waals surface area contributed by atoms with E-state index < -0.39 is 23.8 Å². The predicted molar refractivity (Wildman–Crippen MR) is 155 cm³/mol. The molecule has 4 aromatic rings. The minimum absolute atomic E-state index is 0.0545. The Balaban J connectivity index is 1.76. The van der Waals surface area contributed by atoms with Crippen LogP contribution < -0.4 is 10.6 Å². The number of nitrogens with one attached hydrogen (secondary N) is 2. The van der Waals surface area contributed by atoms with Gasteiger partial charge in [0, 0.05) is 24.0 Å². The lowest BCUT2D eigenvalue weighted by Gasteiger charge is -2.18. The summed E-state index contributed by atoms with van der Waals surface area (Å²) in [4.78, 5) is 47.4. The van der Waals surface area contributed by atoms with Gasteiger partial charge in [-0.15, -0.1) is 0 Å². The molecule has 0 fully saturated rings. The number of carboxylic acids is 1. The molecule has 4 rings (SSSR count). The van der Waals surface area contributed by atoms with Gasteiger partial charge in [0.05, 0.1) is 33.6 Å². The van der Waals surface area contributed by atoms with E-state index in [2.05, 4.69) is 41.6 Å². The number of aryl methyl sites for hydroxylation is 1. The van der Waals surface area contributed by atoms with Gasteiger partial charge in [0.15, 0.2) is 5.82 Å². The molecule has 1 unspecified atom stereocenters. The van der Waals surface area contributed by atoms with Crippen molar-refractivity contribution in [2.75, 3.05) is 5.32 Å². The van der Waals surface area contributed by atoms with E-state index in [4.69, 9.17) is 11.6 Å². The van der Waals surface area contributed by atoms with Gasteiger partial charge in [-0.3, -0.25) is 14.6 Å². The molecule has 1 atom stereocenters. The maximum Gasteiger partial charge on any atom is 0.326 e. The van der Waals surface area contributed by atoms with Crippen molar-refractivity contribution in [2.45, 2.75) is 32.7 Å². The van der Waals surface area contributed by atoms with Crippen molar-refractivity contribution in [3.05, 3.63) is 86.9 Å². The van der Waals surface area contributed by atoms with Crippen molar-refractivity contribution in [3.63, 3.8) is 0 Å². The molecule has 1 aromatic carbocycles. The summed E-state index contributed by atoms with van der Waals surface area (Å²) in [5.74, 6) is -2.29. The van der Waals surface area contributed by atoms with Crippen LogP contribution in [0.4, 0.5) is 5.69 Å². The monoisotopic (exact) mass is 635 g/mol. The normalized spacial score (nSPS) is 11.4. The van der Waals surface area contributed by atoms with Gasteiger partial charge in [-0.1, -0.05) is 24.9 Å². The number of aliphatic carboxylic acids is 1. The second-order valence-electron chi connectivity index (χ2n) is 8.91. The minimum atomic E-state index is -1.19. The number of carbonyl (C=O) groups excluding carboxylic acids is 2. The first-order valence-electron chi connectivity index (χ1n) is 12.4. The second kappa shape index (κ2) is 12.7. The third-order valence-corrected chi connectivity index (χ3v) is 6.73. The van der Waals surface area contributed by atoms with Gasteiger partial charge in [-0.05, 0) is 71.2 Å². The van der Waals surface area contributed by atoms with Crippen molar-refractivity contribution in [2.24, 2.45) is 0 Å². The van der Waals surface area contributed by atoms with Gasteiger partial charge in [-0.2, -0.15) is 10.4 Å². The topological polar surface area (TPSA) is 163 Å². The Labute approximate surface area is 248 Å². The highest BCUT2D eigenvalue weighted by molar-refractivity contribution is 9.10. The molecule has 13 heteroatoms. The van der Waals surface area contributed by atoms with Crippen molar-refractivity contribution in [1.29, 1.82) is 5.26 Å². The Morgan fingerprint density at radius 2 is 1.88 bits per heavy atom. The molecule has 0 aliphatic heterocycles. The minimum Gasteiger partial charge on any atom is -0.480 e. The average molecular weight is 637 g/mol. The lowest BCUT2D eigenvalue weighted by atomic mass is 10.0. The zero-order valence-corrected chi connectivity index (χ0v) is 24.2. The van der Waals surface area contributed by atoms with Gasteiger partial charge < -0.3 is 15.7 Å². The number of halogens is 2. The number of anilines is 1. The van der Waals surface area contributed by atoms with E-state index in [0.717, 1.165) is 0 Å². The number of aromatic nitrogens is 4. The lowest BCUT2D eigenvalue weighted by Crippen LogP contribution is -2.41. The molecule has 3 heterocycles. The van der Waals surface area contributed by atoms with Crippen LogP contribution in [0.2, 0.25) is 5.02 Å². The molecule has 3 aromatic heterocycles. The molecule has 3 N–H and O–H groups in total. The number of carboxylic acid groups (broad SMARTS) is 1. The first-order valence-corrected chi connectivity index (χ1v) is 13.5. The molecule has 0 aliphatic carbocycles. The molecule has 2 amide bonds. The van der Waals surface area contributed by atoms with Gasteiger partial charge in [0.1, 0.15) is 16.3 Å². The highest BCUT2D eigenvalue weighted by Crippen LogP contribution is 2.31. The van der Waals surface area contributed by atoms with Crippen molar-refractivity contribution >= 4 is 51.0 Å². The van der Waals surface area contributed by atoms with Crippen LogP contribution >= 0.6 is 27.5 Å². The van der Waals surface area contributed by atoms with Gasteiger partial charge in [0.2, 0.25) is 0 Å². The zero-order chi connectivity index (χ0) is 29.7. The van der Waals surface area contributed by atoms with Crippen LogP contribution in [0.15, 0.2) is 59.5 Å². The molecule has 11 nitrogen and oxygen atoms in total. The third kappa shape index (κ3) is 6.42. The van der Waals surface area contributed by atoms with E-state index in [1.54, 1.807) is 44.3 Å². The van der Waals surface area contributed by atoms with Crippen LogP contribution in [0.5, 0.6) is 0 Å². The molecule has 0 saturated carbocycles. The van der Waals surface area contributed by atoms with Crippen LogP contribution in [0.1, 0.15) is 51.7 Å². The Morgan fingerprint density at radius 3 is 2.56 bits per heavy atom. The summed E-state index contributed by atoms with van der Waals surface area (Å²) in [6, 6.07) is 12.0. The first kappa shape index (κ1) is 29.4. The Morgan fingerprint density at radius 1 is 1.15 bits per heavy atom. The summed E-state index contributed by atoms with van der Waals surface area (Å²) < 4.78 is 1.66. The quantitative estimate of drug-likeness (QED) is 0.227. The summed E-state index contributed by atoms with van der Waals surface area (Å²) in [5.41, 5.74) is 1.69. The fraction of sp³-hybridized carbons (Fsp3) is 0.179. The predicted octanol–water partition coefficient (Wildman–Crippen LogP) is 5.16. The maximum atomic E-state index is 13.7. The molecule has 0 aliphatic rings. The largest absolute Gasteiger partial charge is 0.480 e. The molecule has 0 spiro atoms. The Hall–Kier alpha value is -4.60. The molecular weight excluding hydrogens is 614 g/mol. The molecule has 0 radical (unpaired) electrons. The molecular formula is C28H23BrClN7O4. The fourth-order valence-electron chi connectivity index (χ4n) is 4.17. The fourth-order valence-corrected chi connectivity index (χ4v) is 4.76. The van der Waals surface area contributed by atoms with E-state index in [9.17, 15) is 24.8 Å². The SMILES string of the molecule is CCCC(NC(=O)c1cc(C#N)cc(C)c1NC(=O)c1cc(Br)nn1-c1ncccc1-c1ncccc1Cl)C(=O)O. The summed E-state index contributed by atoms with van der Waals surface area (Å²) in [6.45, 7) is 3.42. The number of benzene rings is 1. The third-order valence-electron chi connectivity index (χ3n) is 6.04. The summed E-state index contributed by atoms with van der Waals surface area (Å²) >= 11 is 9.71. The number of carbonyl (C=O) groups is 3. The van der Waals surface area contributed by atoms with E-state index in [1.807, 2.05) is 6.07 Å². The van der Waals surface area contributed by atoms with Crippen LogP contribution in [0, 0.1) is 18.3 Å². The number of nitrogens with zero attached hydrogens (tertiary/aromatic N) is 5. The summed E-state index contributed by atoms with van der Waals surface area (Å²) in [7, 11) is 0. The summed E-state index contributed by atoms with van der Waals surface area (Å²) in [6.07, 6.45) is 3.85. The number of hydrogen-bond acceptors (Lipinski definition) is 7. The number of hydrogen-bond donors (Lipinski definition) is 3. The highest BCUT2D eigenvalue weighted by Gasteiger charge is 2.26. The van der Waals surface area contributed by atoms with Crippen LogP contribution in [0.25, 0.3) is 17.1 Å². The highest BCUT2D eigenvalue weighted by atomic mass is 79.9. The van der Waals surface area contributed by atoms with Gasteiger partial charge >= 0.3 is 5.97 Å². The number of pyridine rings is 2. The zero-order valence-electron chi connectivity index (χ0n) is 21.9. The Bertz CT molecular complexity index is 1700. The number of amides is 2. The lowest BCUT2D eigenvalue weighted by molar-refractivity contribution is -0.139. The second-order valence-corrected chi connectivity index (χ2v) is 10.1. The van der Waals surface area contributed by atoms with Gasteiger partial charge in [0.25, 0.3) is 11.8 Å². The van der Waals surface area contributed by atoms with Crippen LogP contribution in [-0.4, -0.2) is 48.7 Å². The average Bonchev–Trinajstić information content (AvgIpc) is 3.35. The van der Waals surface area contributed by atoms with Crippen molar-refractivity contribution in [3.8, 4) is 23.1 Å². The van der Waals surface area contributed by atoms with Gasteiger partial charge in [-0.25, -0.2) is 14.5 Å². The molecule has 0 bridgehead atoms. The molecule has 208 valence electrons. The van der Waals surface area contributed by atoms with Crippen LogP contribution in [-0.2, 0) is 4.79 Å². The molecule has 0 saturated heterocycles. The smallest absolute Gasteiger partial charge is 0.326 e. The van der Waals surface area contributed by atoms with E-state index in [0.29, 0.717) is 32.9 Å². The standard InChI is InChI=1S/C28H23BrClN7O4/c1-3-6-20(28(40)41)34-26(38)18-12-16(14-31)11-15(2)23(18)35-27(39)21-13-22(29)36-37(21)25-17(7-4-10-33-25)24-19(30)8-5-9-32-24/h4-5,7-13,20H,3,6H2,1-2H3,(H,34,38)(H,35,39)(H,40,41). The number of rotatable bonds is 9. The van der Waals surface area contributed by atoms with E-state index in [-0.39, 0.29) is 34.7 Å². The Kier molecular flexibility index (Phi) is 9.11. The van der Waals surface area contributed by atoms with Crippen molar-refractivity contribution < 1.29 is 19.5 Å². The van der Waals surface area contributed by atoms with Crippen LogP contribution in [0.3, 0.4) is 0 Å². The van der Waals surface area contributed by atoms with Crippen molar-refractivity contribution in [1.82, 2.24) is 25.1 Å². The number of nitriles is 1. The van der Waals surface area contributed by atoms with E-state index >= 15 is 0 Å².